The minimum Gasteiger partial charge on any atom is -0.378 e. The van der Waals surface area contributed by atoms with Gasteiger partial charge in [-0.25, -0.2) is 0 Å². The molecule has 0 N–H and O–H groups in total. The van der Waals surface area contributed by atoms with Crippen LogP contribution < -0.4 is 23.8 Å². The Labute approximate surface area is 429 Å². The van der Waals surface area contributed by atoms with Gasteiger partial charge in [0, 0.05) is 112 Å². The minimum atomic E-state index is -0.0438. The molecule has 7 nitrogen and oxygen atoms in total. The molecule has 7 aromatic carbocycles. The molecule has 1 aliphatic rings. The second-order valence-electron chi connectivity index (χ2n) is 19.4. The second-order valence-corrected chi connectivity index (χ2v) is 19.4. The van der Waals surface area contributed by atoms with Crippen molar-refractivity contribution in [2.24, 2.45) is 19.1 Å². The van der Waals surface area contributed by atoms with Crippen molar-refractivity contribution >= 4 is 83.3 Å². The van der Waals surface area contributed by atoms with Crippen molar-refractivity contribution in [1.29, 1.82) is 0 Å². The van der Waals surface area contributed by atoms with Crippen LogP contribution in [0.15, 0.2) is 211 Å². The molecule has 0 aliphatic heterocycles. The normalized spacial score (nSPS) is 12.7. The van der Waals surface area contributed by atoms with Gasteiger partial charge in [-0.3, -0.25) is 9.79 Å². The summed E-state index contributed by atoms with van der Waals surface area (Å²) >= 11 is 0. The largest absolute Gasteiger partial charge is 0.378 e. The summed E-state index contributed by atoms with van der Waals surface area (Å²) in [5, 5.41) is 4.59. The summed E-state index contributed by atoms with van der Waals surface area (Å²) in [6.45, 7) is 2.79. The van der Waals surface area contributed by atoms with E-state index in [9.17, 15) is 0 Å². The first-order valence-electron chi connectivity index (χ1n) is 25.0. The van der Waals surface area contributed by atoms with Crippen LogP contribution >= 0.6 is 0 Å². The topological polar surface area (TPSA) is 46.9 Å². The first-order valence-corrected chi connectivity index (χ1v) is 25.0. The SMILES string of the molecule is CCN=C1C=CC(=C(C=CC=C(c2ccc(N(C)C)cc2)c2ccc(N(C)C)c(C(=O)c3ccc4c(-c5c6ccccc6[n+](C)c6ccccc56)c5ccccc5[n+](C)c4c3)c2)c2ccc(N(C)C)cc2)C=C1. The summed E-state index contributed by atoms with van der Waals surface area (Å²) in [7, 11) is 16.5. The molecule has 1 aliphatic carbocycles. The van der Waals surface area contributed by atoms with Gasteiger partial charge in [-0.1, -0.05) is 97.1 Å². The number of carbonyl (C=O) groups excluding carboxylic acids is 1. The number of aryl methyl sites for hydroxylation is 2. The zero-order valence-electron chi connectivity index (χ0n) is 43.4. The van der Waals surface area contributed by atoms with E-state index < -0.39 is 0 Å². The van der Waals surface area contributed by atoms with Crippen LogP contribution in [0.2, 0.25) is 0 Å². The fraction of sp³-hybridized carbons (Fsp3) is 0.152. The van der Waals surface area contributed by atoms with Crippen molar-refractivity contribution in [3.05, 3.63) is 234 Å². The van der Waals surface area contributed by atoms with Gasteiger partial charge in [0.05, 0.1) is 27.3 Å². The zero-order valence-corrected chi connectivity index (χ0v) is 43.4. The maximum absolute atomic E-state index is 15.4. The van der Waals surface area contributed by atoms with Crippen LogP contribution in [-0.2, 0) is 14.1 Å². The van der Waals surface area contributed by atoms with Crippen LogP contribution in [0.4, 0.5) is 17.1 Å². The molecule has 2 heterocycles. The Bertz CT molecular complexity index is 3750. The average molecular weight is 955 g/mol. The Morgan fingerprint density at radius 3 is 1.51 bits per heavy atom. The van der Waals surface area contributed by atoms with Crippen LogP contribution in [0.1, 0.15) is 39.5 Å². The lowest BCUT2D eigenvalue weighted by Gasteiger charge is -2.20. The molecule has 7 heteroatoms. The molecule has 0 amide bonds. The van der Waals surface area contributed by atoms with Gasteiger partial charge >= 0.3 is 0 Å². The number of hydrogen-bond acceptors (Lipinski definition) is 5. The van der Waals surface area contributed by atoms with E-state index in [0.29, 0.717) is 11.1 Å². The van der Waals surface area contributed by atoms with E-state index in [1.165, 1.54) is 16.3 Å². The van der Waals surface area contributed by atoms with Crippen molar-refractivity contribution in [3.63, 3.8) is 0 Å². The van der Waals surface area contributed by atoms with Gasteiger partial charge in [-0.2, -0.15) is 9.13 Å². The highest BCUT2D eigenvalue weighted by atomic mass is 16.1. The number of rotatable bonds is 12. The van der Waals surface area contributed by atoms with E-state index in [1.807, 2.05) is 25.1 Å². The Kier molecular flexibility index (Phi) is 13.3. The number of aromatic nitrogens is 2. The van der Waals surface area contributed by atoms with Gasteiger partial charge < -0.3 is 14.7 Å². The van der Waals surface area contributed by atoms with E-state index in [-0.39, 0.29) is 5.78 Å². The molecule has 0 radical (unpaired) electrons. The molecule has 0 spiro atoms. The Morgan fingerprint density at radius 2 is 0.986 bits per heavy atom. The third-order valence-corrected chi connectivity index (χ3v) is 14.2. The van der Waals surface area contributed by atoms with Gasteiger partial charge in [0.2, 0.25) is 22.1 Å². The number of anilines is 3. The highest BCUT2D eigenvalue weighted by molar-refractivity contribution is 6.20. The third-order valence-electron chi connectivity index (χ3n) is 14.2. The molecule has 0 saturated carbocycles. The van der Waals surface area contributed by atoms with E-state index in [4.69, 9.17) is 0 Å². The van der Waals surface area contributed by atoms with Crippen molar-refractivity contribution in [2.75, 3.05) is 63.5 Å². The summed E-state index contributed by atoms with van der Waals surface area (Å²) in [6.07, 6.45) is 15.0. The van der Waals surface area contributed by atoms with Gasteiger partial charge in [0.25, 0.3) is 0 Å². The third kappa shape index (κ3) is 9.15. The van der Waals surface area contributed by atoms with E-state index >= 15 is 4.79 Å². The number of nitrogens with zero attached hydrogens (tertiary/aromatic N) is 6. The van der Waals surface area contributed by atoms with E-state index in [2.05, 4.69) is 267 Å². The lowest BCUT2D eigenvalue weighted by molar-refractivity contribution is -0.617. The molecule has 0 saturated heterocycles. The smallest absolute Gasteiger partial charge is 0.214 e. The zero-order chi connectivity index (χ0) is 50.9. The average Bonchev–Trinajstić information content (AvgIpc) is 3.42. The maximum atomic E-state index is 15.4. The van der Waals surface area contributed by atoms with E-state index in [0.717, 1.165) is 101 Å². The monoisotopic (exact) mass is 954 g/mol. The first kappa shape index (κ1) is 48.0. The molecule has 0 unspecified atom stereocenters. The Balaban J connectivity index is 1.12. The second kappa shape index (κ2) is 20.2. The Morgan fingerprint density at radius 1 is 0.507 bits per heavy atom. The quantitative estimate of drug-likeness (QED) is 0.0530. The van der Waals surface area contributed by atoms with Crippen LogP contribution in [0.25, 0.3) is 65.9 Å². The lowest BCUT2D eigenvalue weighted by atomic mass is 9.89. The maximum Gasteiger partial charge on any atom is 0.214 e. The van der Waals surface area contributed by atoms with Crippen molar-refractivity contribution in [3.8, 4) is 11.1 Å². The van der Waals surface area contributed by atoms with Crippen molar-refractivity contribution < 1.29 is 13.9 Å². The number of aliphatic imine (C=N–C) groups is 1. The molecule has 73 heavy (non-hydrogen) atoms. The molecule has 0 atom stereocenters. The van der Waals surface area contributed by atoms with Gasteiger partial charge in [-0.15, -0.1) is 0 Å². The predicted molar refractivity (Wildman–Crippen MR) is 309 cm³/mol. The highest BCUT2D eigenvalue weighted by Gasteiger charge is 2.27. The molecular formula is C66H62N6O+2. The van der Waals surface area contributed by atoms with Crippen molar-refractivity contribution in [1.82, 2.24) is 0 Å². The summed E-state index contributed by atoms with van der Waals surface area (Å²) in [5.74, 6) is -0.0438. The molecular weight excluding hydrogens is 893 g/mol. The van der Waals surface area contributed by atoms with Crippen LogP contribution in [0.5, 0.6) is 0 Å². The first-order chi connectivity index (χ1) is 35.4. The number of carbonyl (C=O) groups is 1. The van der Waals surface area contributed by atoms with Crippen molar-refractivity contribution in [2.45, 2.75) is 6.92 Å². The van der Waals surface area contributed by atoms with E-state index in [1.54, 1.807) is 0 Å². The summed E-state index contributed by atoms with van der Waals surface area (Å²) in [4.78, 5) is 26.3. The number of allylic oxidation sites excluding steroid dienone is 9. The standard InChI is InChI=1S/C66H62N6O/c1-10-67-49-34-26-44(27-35-49)52(45-28-36-50(37-29-45)68(2)3)21-17-22-53(46-30-38-51(39-31-46)69(4)5)47-33-41-59(70(6)7)58(42-47)66(73)48-32-40-57-63(43-48)72(9)62-25-16-13-20-56(62)65(57)64-54-18-11-14-23-60(54)71(8)61-24-15-12-19-55(61)64/h11-43H,10H2,1-9H3/q+2. The number of pyridine rings is 2. The summed E-state index contributed by atoms with van der Waals surface area (Å²) < 4.78 is 4.53. The summed E-state index contributed by atoms with van der Waals surface area (Å²) in [5.41, 5.74) is 18.3. The fourth-order valence-electron chi connectivity index (χ4n) is 10.4. The molecule has 0 fully saturated rings. The predicted octanol–water partition coefficient (Wildman–Crippen LogP) is 13.1. The summed E-state index contributed by atoms with van der Waals surface area (Å²) in [6, 6.07) is 55.9. The molecule has 9 aromatic rings. The number of hydrogen-bond donors (Lipinski definition) is 0. The van der Waals surface area contributed by atoms with Crippen LogP contribution in [0.3, 0.4) is 0 Å². The molecule has 0 bridgehead atoms. The minimum absolute atomic E-state index is 0.0438. The van der Waals surface area contributed by atoms with Gasteiger partial charge in [0.15, 0.2) is 5.78 Å². The fourth-order valence-corrected chi connectivity index (χ4v) is 10.4. The number of fused-ring (bicyclic) bond motifs is 4. The number of para-hydroxylation sites is 3. The lowest BCUT2D eigenvalue weighted by Crippen LogP contribution is -2.31. The number of ketones is 1. The van der Waals surface area contributed by atoms with Gasteiger partial charge in [0.1, 0.15) is 14.1 Å². The molecule has 2 aromatic heterocycles. The highest BCUT2D eigenvalue weighted by Crippen LogP contribution is 2.42. The van der Waals surface area contributed by atoms with Crippen LogP contribution in [0, 0.1) is 0 Å². The molecule has 10 rings (SSSR count). The Hall–Kier alpha value is -8.68. The number of benzene rings is 7. The molecule has 360 valence electrons. The van der Waals surface area contributed by atoms with Gasteiger partial charge in [-0.05, 0) is 119 Å². The van der Waals surface area contributed by atoms with Crippen LogP contribution in [-0.4, -0.2) is 60.3 Å².